The van der Waals surface area contributed by atoms with E-state index in [-0.39, 0.29) is 11.9 Å². The Hall–Kier alpha value is -2.18. The molecule has 1 atom stereocenters. The highest BCUT2D eigenvalue weighted by molar-refractivity contribution is 5.34. The number of nitrogens with one attached hydrogen (secondary N) is 1. The van der Waals surface area contributed by atoms with Gasteiger partial charge in [-0.05, 0) is 42.5 Å². The lowest BCUT2D eigenvalue weighted by Crippen LogP contribution is -2.25. The monoisotopic (exact) mass is 280 g/mol. The molecule has 0 amide bonds. The third-order valence-corrected chi connectivity index (χ3v) is 4.09. The summed E-state index contributed by atoms with van der Waals surface area (Å²) in [5.41, 5.74) is 3.69. The second-order valence-corrected chi connectivity index (χ2v) is 5.44. The van der Waals surface area contributed by atoms with Gasteiger partial charge in [-0.3, -0.25) is 0 Å². The molecular weight excluding hydrogens is 263 g/mol. The molecule has 21 heavy (non-hydrogen) atoms. The molecule has 3 heteroatoms. The van der Waals surface area contributed by atoms with Crippen LogP contribution in [0.1, 0.15) is 41.1 Å². The maximum Gasteiger partial charge on any atom is 0.129 e. The molecular formula is C18H17FN2. The highest BCUT2D eigenvalue weighted by atomic mass is 19.1. The number of aryl methyl sites for hydroxylation is 1. The fraction of sp³-hybridized carbons (Fsp3) is 0.278. The molecule has 0 bridgehead atoms. The number of halogens is 1. The molecule has 0 saturated heterocycles. The molecule has 3 rings (SSSR count). The molecule has 106 valence electrons. The summed E-state index contributed by atoms with van der Waals surface area (Å²) in [4.78, 5) is 0. The molecule has 1 N–H and O–H groups in total. The van der Waals surface area contributed by atoms with Crippen LogP contribution in [0, 0.1) is 17.1 Å². The molecule has 0 aromatic heterocycles. The van der Waals surface area contributed by atoms with Crippen LogP contribution in [0.4, 0.5) is 4.39 Å². The van der Waals surface area contributed by atoms with Gasteiger partial charge in [-0.15, -0.1) is 0 Å². The van der Waals surface area contributed by atoms with E-state index in [1.807, 2.05) is 6.07 Å². The third-order valence-electron chi connectivity index (χ3n) is 4.09. The highest BCUT2D eigenvalue weighted by Gasteiger charge is 2.19. The number of rotatable bonds is 3. The molecule has 1 unspecified atom stereocenters. The summed E-state index contributed by atoms with van der Waals surface area (Å²) in [5, 5.41) is 12.2. The van der Waals surface area contributed by atoms with Crippen LogP contribution < -0.4 is 5.32 Å². The van der Waals surface area contributed by atoms with Gasteiger partial charge in [0.05, 0.1) is 11.6 Å². The Morgan fingerprint density at radius 3 is 2.90 bits per heavy atom. The Morgan fingerprint density at radius 2 is 2.10 bits per heavy atom. The Morgan fingerprint density at radius 1 is 1.24 bits per heavy atom. The van der Waals surface area contributed by atoms with E-state index in [0.29, 0.717) is 17.7 Å². The van der Waals surface area contributed by atoms with Crippen LogP contribution in [0.15, 0.2) is 42.5 Å². The Bertz CT molecular complexity index is 688. The maximum absolute atomic E-state index is 13.9. The summed E-state index contributed by atoms with van der Waals surface area (Å²) < 4.78 is 13.9. The van der Waals surface area contributed by atoms with Crippen LogP contribution in [-0.2, 0) is 13.0 Å². The summed E-state index contributed by atoms with van der Waals surface area (Å²) in [5.74, 6) is -0.314. The number of fused-ring (bicyclic) bond motifs is 1. The predicted molar refractivity (Wildman–Crippen MR) is 80.1 cm³/mol. The van der Waals surface area contributed by atoms with Crippen LogP contribution >= 0.6 is 0 Å². The van der Waals surface area contributed by atoms with Crippen molar-refractivity contribution in [3.05, 3.63) is 70.5 Å². The topological polar surface area (TPSA) is 35.8 Å². The quantitative estimate of drug-likeness (QED) is 0.926. The normalized spacial score (nSPS) is 17.0. The number of hydrogen-bond acceptors (Lipinski definition) is 2. The minimum atomic E-state index is -0.314. The largest absolute Gasteiger partial charge is 0.306 e. The Labute approximate surface area is 124 Å². The minimum Gasteiger partial charge on any atom is -0.306 e. The molecule has 2 nitrogen and oxygen atoms in total. The fourth-order valence-corrected chi connectivity index (χ4v) is 2.96. The first-order chi connectivity index (χ1) is 10.3. The number of benzene rings is 2. The van der Waals surface area contributed by atoms with Crippen molar-refractivity contribution in [2.24, 2.45) is 0 Å². The average molecular weight is 280 g/mol. The van der Waals surface area contributed by atoms with Crippen LogP contribution in [0.3, 0.4) is 0 Å². The average Bonchev–Trinajstić information content (AvgIpc) is 2.53. The van der Waals surface area contributed by atoms with E-state index >= 15 is 0 Å². The second-order valence-electron chi connectivity index (χ2n) is 5.44. The third kappa shape index (κ3) is 2.96. The zero-order valence-corrected chi connectivity index (χ0v) is 11.8. The van der Waals surface area contributed by atoms with Gasteiger partial charge in [-0.25, -0.2) is 4.39 Å². The first-order valence-electron chi connectivity index (χ1n) is 7.27. The molecule has 0 saturated carbocycles. The molecule has 0 spiro atoms. The van der Waals surface area contributed by atoms with Gasteiger partial charge in [0.25, 0.3) is 0 Å². The number of nitrogens with zero attached hydrogens (tertiary/aromatic N) is 1. The molecule has 0 aliphatic heterocycles. The number of hydrogen-bond donors (Lipinski definition) is 1. The van der Waals surface area contributed by atoms with E-state index in [4.69, 9.17) is 5.26 Å². The van der Waals surface area contributed by atoms with E-state index in [9.17, 15) is 4.39 Å². The van der Waals surface area contributed by atoms with E-state index in [1.165, 1.54) is 17.2 Å². The first kappa shape index (κ1) is 13.8. The van der Waals surface area contributed by atoms with Gasteiger partial charge in [0, 0.05) is 18.2 Å². The van der Waals surface area contributed by atoms with Crippen molar-refractivity contribution >= 4 is 0 Å². The summed E-state index contributed by atoms with van der Waals surface area (Å²) in [6, 6.07) is 15.3. The Balaban J connectivity index is 1.73. The maximum atomic E-state index is 13.9. The van der Waals surface area contributed by atoms with E-state index in [0.717, 1.165) is 19.3 Å². The minimum absolute atomic E-state index is 0.282. The van der Waals surface area contributed by atoms with Crippen molar-refractivity contribution in [2.45, 2.75) is 31.8 Å². The van der Waals surface area contributed by atoms with Gasteiger partial charge in [0.2, 0.25) is 0 Å². The molecule has 2 aromatic rings. The van der Waals surface area contributed by atoms with Gasteiger partial charge < -0.3 is 5.32 Å². The van der Waals surface area contributed by atoms with Crippen LogP contribution in [0.5, 0.6) is 0 Å². The summed E-state index contributed by atoms with van der Waals surface area (Å²) in [6.45, 7) is 0.483. The standard InChI is InChI=1S/C18H17FN2/c19-17-10-13(11-20)8-9-15(17)12-21-18-7-3-5-14-4-1-2-6-16(14)18/h1-2,4,6,8-10,18,21H,3,5,7,12H2. The van der Waals surface area contributed by atoms with Gasteiger partial charge in [0.1, 0.15) is 5.82 Å². The highest BCUT2D eigenvalue weighted by Crippen LogP contribution is 2.29. The van der Waals surface area contributed by atoms with E-state index < -0.39 is 0 Å². The van der Waals surface area contributed by atoms with Crippen molar-refractivity contribution in [1.29, 1.82) is 5.26 Å². The van der Waals surface area contributed by atoms with Crippen molar-refractivity contribution in [1.82, 2.24) is 5.32 Å². The van der Waals surface area contributed by atoms with Crippen LogP contribution in [0.25, 0.3) is 0 Å². The lowest BCUT2D eigenvalue weighted by Gasteiger charge is -2.26. The summed E-state index contributed by atoms with van der Waals surface area (Å²) >= 11 is 0. The van der Waals surface area contributed by atoms with Crippen LogP contribution in [0.2, 0.25) is 0 Å². The second kappa shape index (κ2) is 6.07. The lowest BCUT2D eigenvalue weighted by molar-refractivity contribution is 0.452. The molecule has 0 fully saturated rings. The summed E-state index contributed by atoms with van der Waals surface area (Å²) in [7, 11) is 0. The Kier molecular flexibility index (Phi) is 3.98. The molecule has 2 aromatic carbocycles. The number of nitriles is 1. The zero-order chi connectivity index (χ0) is 14.7. The van der Waals surface area contributed by atoms with Crippen molar-refractivity contribution < 1.29 is 4.39 Å². The molecule has 0 radical (unpaired) electrons. The lowest BCUT2D eigenvalue weighted by atomic mass is 9.87. The van der Waals surface area contributed by atoms with Crippen molar-refractivity contribution in [3.8, 4) is 6.07 Å². The SMILES string of the molecule is N#Cc1ccc(CNC2CCCc3ccccc32)c(F)c1. The van der Waals surface area contributed by atoms with E-state index in [2.05, 4.69) is 29.6 Å². The first-order valence-corrected chi connectivity index (χ1v) is 7.27. The van der Waals surface area contributed by atoms with Gasteiger partial charge in [-0.2, -0.15) is 5.26 Å². The van der Waals surface area contributed by atoms with Gasteiger partial charge >= 0.3 is 0 Å². The smallest absolute Gasteiger partial charge is 0.129 e. The van der Waals surface area contributed by atoms with Crippen molar-refractivity contribution in [2.75, 3.05) is 0 Å². The van der Waals surface area contributed by atoms with Crippen LogP contribution in [-0.4, -0.2) is 0 Å². The van der Waals surface area contributed by atoms with Crippen molar-refractivity contribution in [3.63, 3.8) is 0 Å². The molecule has 0 heterocycles. The fourth-order valence-electron chi connectivity index (χ4n) is 2.96. The van der Waals surface area contributed by atoms with Gasteiger partial charge in [0.15, 0.2) is 0 Å². The molecule has 1 aliphatic rings. The molecule has 1 aliphatic carbocycles. The summed E-state index contributed by atoms with van der Waals surface area (Å²) in [6.07, 6.45) is 3.36. The van der Waals surface area contributed by atoms with Gasteiger partial charge in [-0.1, -0.05) is 30.3 Å². The predicted octanol–water partition coefficient (Wildman–Crippen LogP) is 3.86. The zero-order valence-electron chi connectivity index (χ0n) is 11.8. The van der Waals surface area contributed by atoms with E-state index in [1.54, 1.807) is 12.1 Å².